The Morgan fingerprint density at radius 3 is 1.50 bits per heavy atom. The fraction of sp³-hybridized carbons (Fsp3) is 1.00. The van der Waals surface area contributed by atoms with Crippen molar-refractivity contribution < 1.29 is 14.5 Å². The van der Waals surface area contributed by atoms with Crippen molar-refractivity contribution in [1.82, 2.24) is 0 Å². The molecule has 0 aromatic rings. The quantitative estimate of drug-likeness (QED) is 0.541. The zero-order valence-electron chi connectivity index (χ0n) is 4.46. The molecular weight excluding hydrogens is 133 g/mol. The topological polar surface area (TPSA) is 26.0 Å². The van der Waals surface area contributed by atoms with Gasteiger partial charge < -0.3 is 0 Å². The second-order valence-electron chi connectivity index (χ2n) is 2.18. The van der Waals surface area contributed by atoms with E-state index in [9.17, 15) is 0 Å². The van der Waals surface area contributed by atoms with Crippen LogP contribution in [0.25, 0.3) is 0 Å². The van der Waals surface area contributed by atoms with Crippen LogP contribution in [-0.4, -0.2) is 6.68 Å². The van der Waals surface area contributed by atoms with Crippen LogP contribution < -0.4 is 4.75 Å². The first-order valence-electron chi connectivity index (χ1n) is 1.91. The van der Waals surface area contributed by atoms with Gasteiger partial charge in [-0.1, -0.05) is 0 Å². The van der Waals surface area contributed by atoms with Crippen LogP contribution in [0.1, 0.15) is 0 Å². The van der Waals surface area contributed by atoms with Gasteiger partial charge in [0.15, 0.2) is 0 Å². The van der Waals surface area contributed by atoms with Gasteiger partial charge in [0.2, 0.25) is 0 Å². The van der Waals surface area contributed by atoms with E-state index in [1.165, 1.54) is 0 Å². The Balaban J connectivity index is 3.17. The van der Waals surface area contributed by atoms with E-state index in [1.807, 2.05) is 0 Å². The summed E-state index contributed by atoms with van der Waals surface area (Å²) in [6.07, 6.45) is 0. The van der Waals surface area contributed by atoms with Gasteiger partial charge >= 0.3 is 45.6 Å². The molecule has 0 aromatic heterocycles. The van der Waals surface area contributed by atoms with Crippen molar-refractivity contribution in [2.24, 2.45) is 4.75 Å². The molecule has 3 heteroatoms. The standard InChI is InChI=1S/C3H9Si.Mn.H2N/c1-4(2)3;;/h1-3H3;;1H2/q;+1;-1. The van der Waals surface area contributed by atoms with Gasteiger partial charge in [0, 0.05) is 0 Å². The molecule has 2 N–H and O–H groups in total. The molecular formula is C3H11MnNSi. The molecule has 6 heavy (non-hydrogen) atoms. The molecule has 0 aliphatic rings. The molecule has 0 fully saturated rings. The van der Waals surface area contributed by atoms with E-state index in [4.69, 9.17) is 4.75 Å². The Morgan fingerprint density at radius 2 is 1.50 bits per heavy atom. The van der Waals surface area contributed by atoms with Crippen molar-refractivity contribution in [3.8, 4) is 0 Å². The Hall–Kier alpha value is 0.696. The second kappa shape index (κ2) is 2.12. The number of hydrogen-bond acceptors (Lipinski definition) is 1. The maximum absolute atomic E-state index is 5.40. The normalized spacial score (nSPS) is 12.0. The molecule has 0 saturated heterocycles. The minimum atomic E-state index is -0.822. The van der Waals surface area contributed by atoms with Gasteiger partial charge in [0.05, 0.1) is 0 Å². The van der Waals surface area contributed by atoms with Gasteiger partial charge in [-0.3, -0.25) is 0 Å². The zero-order chi connectivity index (χ0) is 5.21. The summed E-state index contributed by atoms with van der Waals surface area (Å²) in [5.74, 6) is 0. The van der Waals surface area contributed by atoms with E-state index < -0.39 is 6.68 Å². The Morgan fingerprint density at radius 1 is 1.33 bits per heavy atom. The summed E-state index contributed by atoms with van der Waals surface area (Å²) in [5.41, 5.74) is 0. The van der Waals surface area contributed by atoms with Crippen molar-refractivity contribution in [2.45, 2.75) is 19.6 Å². The number of nitrogens with two attached hydrogens (primary N) is 1. The van der Waals surface area contributed by atoms with Crippen LogP contribution in [0.5, 0.6) is 0 Å². The van der Waals surface area contributed by atoms with Gasteiger partial charge in [-0.15, -0.1) is 0 Å². The Labute approximate surface area is 46.1 Å². The van der Waals surface area contributed by atoms with Crippen molar-refractivity contribution in [3.63, 3.8) is 0 Å². The van der Waals surface area contributed by atoms with E-state index >= 15 is 0 Å². The van der Waals surface area contributed by atoms with Gasteiger partial charge in [0.25, 0.3) is 0 Å². The number of rotatable bonds is 1. The molecule has 0 aliphatic carbocycles. The van der Waals surface area contributed by atoms with E-state index in [2.05, 4.69) is 19.6 Å². The molecule has 0 atom stereocenters. The SMILES string of the molecule is C[Si](C)(C)[Mn][NH2]. The van der Waals surface area contributed by atoms with E-state index in [-0.39, 0.29) is 0 Å². The molecule has 0 aromatic carbocycles. The van der Waals surface area contributed by atoms with Crippen molar-refractivity contribution in [3.05, 3.63) is 0 Å². The first kappa shape index (κ1) is 6.70. The van der Waals surface area contributed by atoms with Crippen LogP contribution in [-0.2, 0) is 14.5 Å². The summed E-state index contributed by atoms with van der Waals surface area (Å²) in [5, 5.41) is 0. The van der Waals surface area contributed by atoms with Crippen molar-refractivity contribution in [1.29, 1.82) is 0 Å². The second-order valence-corrected chi connectivity index (χ2v) is 12.9. The van der Waals surface area contributed by atoms with Gasteiger partial charge in [-0.2, -0.15) is 0 Å². The van der Waals surface area contributed by atoms with Crippen LogP contribution in [0, 0.1) is 0 Å². The molecule has 0 unspecified atom stereocenters. The molecule has 0 aliphatic heterocycles. The van der Waals surface area contributed by atoms with E-state index in [1.54, 1.807) is 0 Å². The first-order chi connectivity index (χ1) is 2.56. The molecule has 39 valence electrons. The third-order valence-corrected chi connectivity index (χ3v) is 4.05. The molecule has 0 spiro atoms. The maximum atomic E-state index is 5.40. The molecule has 0 rings (SSSR count). The van der Waals surface area contributed by atoms with Crippen LogP contribution in [0.2, 0.25) is 19.6 Å². The fourth-order valence-corrected chi connectivity index (χ4v) is 0. The monoisotopic (exact) mass is 144 g/mol. The van der Waals surface area contributed by atoms with E-state index in [0.29, 0.717) is 14.5 Å². The molecule has 0 saturated carbocycles. The predicted molar refractivity (Wildman–Crippen MR) is 27.5 cm³/mol. The minimum absolute atomic E-state index is 0.681. The molecule has 0 heterocycles. The van der Waals surface area contributed by atoms with Crippen LogP contribution >= 0.6 is 0 Å². The average molecular weight is 144 g/mol. The first-order valence-corrected chi connectivity index (χ1v) is 7.74. The van der Waals surface area contributed by atoms with E-state index in [0.717, 1.165) is 0 Å². The zero-order valence-corrected chi connectivity index (χ0v) is 6.64. The summed E-state index contributed by atoms with van der Waals surface area (Å²) in [6.45, 7) is 5.99. The summed E-state index contributed by atoms with van der Waals surface area (Å²) >= 11 is 0.681. The van der Waals surface area contributed by atoms with Gasteiger partial charge in [0.1, 0.15) is 0 Å². The molecule has 0 amide bonds. The summed E-state index contributed by atoms with van der Waals surface area (Å²) in [6, 6.07) is 0. The number of hydrogen-bond donors (Lipinski definition) is 1. The Bertz CT molecular complexity index is 40.5. The van der Waals surface area contributed by atoms with Crippen LogP contribution in [0.4, 0.5) is 0 Å². The summed E-state index contributed by atoms with van der Waals surface area (Å²) in [4.78, 5) is 0. The van der Waals surface area contributed by atoms with Crippen molar-refractivity contribution in [2.75, 3.05) is 0 Å². The van der Waals surface area contributed by atoms with Gasteiger partial charge in [-0.25, -0.2) is 0 Å². The molecule has 1 nitrogen and oxygen atoms in total. The predicted octanol–water partition coefficient (Wildman–Crippen LogP) is 0.777. The summed E-state index contributed by atoms with van der Waals surface area (Å²) < 4.78 is 5.40. The fourth-order valence-electron chi connectivity index (χ4n) is 0. The summed E-state index contributed by atoms with van der Waals surface area (Å²) in [7, 11) is 0. The molecule has 0 bridgehead atoms. The molecule has 0 radical (unpaired) electrons. The van der Waals surface area contributed by atoms with Gasteiger partial charge in [-0.05, 0) is 0 Å². The Kier molecular flexibility index (Phi) is 2.37. The third-order valence-electron chi connectivity index (χ3n) is 0.327. The van der Waals surface area contributed by atoms with Crippen LogP contribution in [0.15, 0.2) is 0 Å². The van der Waals surface area contributed by atoms with Crippen LogP contribution in [0.3, 0.4) is 0 Å². The average Bonchev–Trinajstić information content (AvgIpc) is 1.35. The third kappa shape index (κ3) is 4.70. The van der Waals surface area contributed by atoms with Crippen molar-refractivity contribution >= 4 is 6.68 Å².